The van der Waals surface area contributed by atoms with Crippen molar-refractivity contribution < 1.29 is 9.53 Å². The van der Waals surface area contributed by atoms with E-state index in [2.05, 4.69) is 52.8 Å². The van der Waals surface area contributed by atoms with Crippen LogP contribution in [0.15, 0.2) is 72.1 Å². The van der Waals surface area contributed by atoms with Gasteiger partial charge in [-0.25, -0.2) is 9.97 Å². The first kappa shape index (κ1) is 22.3. The number of aryl methyl sites for hydroxylation is 1. The third kappa shape index (κ3) is 4.85. The number of hydrogen-bond acceptors (Lipinski definition) is 6. The summed E-state index contributed by atoms with van der Waals surface area (Å²) in [6.45, 7) is 1.97. The summed E-state index contributed by atoms with van der Waals surface area (Å²) in [4.78, 5) is 23.0. The molecular weight excluding hydrogens is 462 g/mol. The fourth-order valence-corrected chi connectivity index (χ4v) is 5.70. The lowest BCUT2D eigenvalue weighted by Gasteiger charge is -2.04. The Bertz CT molecular complexity index is 1450. The van der Waals surface area contributed by atoms with Gasteiger partial charge in [-0.3, -0.25) is 4.79 Å². The van der Waals surface area contributed by atoms with Crippen molar-refractivity contribution >= 4 is 44.5 Å². The molecule has 170 valence electrons. The number of carbonyl (C=O) groups is 1. The van der Waals surface area contributed by atoms with E-state index >= 15 is 0 Å². The van der Waals surface area contributed by atoms with Crippen LogP contribution in [-0.2, 0) is 17.6 Å². The number of rotatable bonds is 7. The molecule has 0 bridgehead atoms. The average molecular weight is 486 g/mol. The molecule has 0 saturated carbocycles. The number of nitrogens with one attached hydrogen (secondary N) is 1. The minimum atomic E-state index is -0.0842. The highest BCUT2D eigenvalue weighted by Gasteiger charge is 2.15. The molecule has 7 heteroatoms. The van der Waals surface area contributed by atoms with E-state index in [4.69, 9.17) is 9.72 Å². The topological polar surface area (TPSA) is 64.1 Å². The largest absolute Gasteiger partial charge is 0.497 e. The molecule has 0 aliphatic carbocycles. The SMILES string of the molecule is COc1ccc(-c2csc(NC(=O)Cc3sc(Cc4cccc5ccccc45)nc3C)n2)cc1. The van der Waals surface area contributed by atoms with Crippen LogP contribution in [0.1, 0.15) is 21.1 Å². The van der Waals surface area contributed by atoms with E-state index in [1.165, 1.54) is 27.7 Å². The number of methoxy groups -OCH3 is 1. The van der Waals surface area contributed by atoms with Crippen molar-refractivity contribution in [3.8, 4) is 17.0 Å². The number of ether oxygens (including phenoxy) is 1. The number of nitrogens with zero attached hydrogens (tertiary/aromatic N) is 2. The minimum Gasteiger partial charge on any atom is -0.497 e. The zero-order valence-electron chi connectivity index (χ0n) is 18.9. The Balaban J connectivity index is 1.25. The number of aromatic nitrogens is 2. The number of carbonyl (C=O) groups excluding carboxylic acids is 1. The van der Waals surface area contributed by atoms with E-state index in [-0.39, 0.29) is 12.3 Å². The predicted molar refractivity (Wildman–Crippen MR) is 140 cm³/mol. The zero-order chi connectivity index (χ0) is 23.5. The number of anilines is 1. The Morgan fingerprint density at radius 1 is 1.00 bits per heavy atom. The summed E-state index contributed by atoms with van der Waals surface area (Å²) in [5, 5.41) is 8.96. The molecule has 0 unspecified atom stereocenters. The number of benzene rings is 3. The Labute approximate surface area is 206 Å². The van der Waals surface area contributed by atoms with Gasteiger partial charge in [0.2, 0.25) is 5.91 Å². The van der Waals surface area contributed by atoms with Crippen LogP contribution in [0, 0.1) is 6.92 Å². The summed E-state index contributed by atoms with van der Waals surface area (Å²) < 4.78 is 5.20. The maximum atomic E-state index is 12.7. The normalized spacial score (nSPS) is 11.0. The van der Waals surface area contributed by atoms with Gasteiger partial charge < -0.3 is 10.1 Å². The lowest BCUT2D eigenvalue weighted by molar-refractivity contribution is -0.115. The van der Waals surface area contributed by atoms with Gasteiger partial charge in [0.1, 0.15) is 5.75 Å². The van der Waals surface area contributed by atoms with Crippen molar-refractivity contribution in [2.75, 3.05) is 12.4 Å². The van der Waals surface area contributed by atoms with Gasteiger partial charge in [-0.05, 0) is 47.5 Å². The predicted octanol–water partition coefficient (Wildman–Crippen LogP) is 6.51. The van der Waals surface area contributed by atoms with E-state index in [9.17, 15) is 4.79 Å². The number of thiazole rings is 2. The molecule has 34 heavy (non-hydrogen) atoms. The molecular formula is C27H23N3O2S2. The van der Waals surface area contributed by atoms with Crippen LogP contribution in [0.4, 0.5) is 5.13 Å². The van der Waals surface area contributed by atoms with E-state index < -0.39 is 0 Å². The molecule has 0 radical (unpaired) electrons. The fourth-order valence-electron chi connectivity index (χ4n) is 3.87. The molecule has 3 aromatic carbocycles. The molecule has 2 heterocycles. The van der Waals surface area contributed by atoms with E-state index in [1.807, 2.05) is 36.6 Å². The first-order chi connectivity index (χ1) is 16.6. The molecule has 0 saturated heterocycles. The van der Waals surface area contributed by atoms with Gasteiger partial charge >= 0.3 is 0 Å². The lowest BCUT2D eigenvalue weighted by Crippen LogP contribution is -2.14. The summed E-state index contributed by atoms with van der Waals surface area (Å²) in [5.41, 5.74) is 3.97. The smallest absolute Gasteiger partial charge is 0.231 e. The van der Waals surface area contributed by atoms with Crippen molar-refractivity contribution in [3.05, 3.63) is 93.3 Å². The second kappa shape index (κ2) is 9.75. The summed E-state index contributed by atoms with van der Waals surface area (Å²) in [6, 6.07) is 22.5. The zero-order valence-corrected chi connectivity index (χ0v) is 20.5. The number of fused-ring (bicyclic) bond motifs is 1. The summed E-state index contributed by atoms with van der Waals surface area (Å²) in [6.07, 6.45) is 1.04. The average Bonchev–Trinajstić information content (AvgIpc) is 3.45. The molecule has 0 fully saturated rings. The quantitative estimate of drug-likeness (QED) is 0.285. The first-order valence-electron chi connectivity index (χ1n) is 10.9. The van der Waals surface area contributed by atoms with Crippen LogP contribution in [0.25, 0.3) is 22.0 Å². The fraction of sp³-hybridized carbons (Fsp3) is 0.148. The van der Waals surface area contributed by atoms with Gasteiger partial charge in [0.15, 0.2) is 5.13 Å². The Kier molecular flexibility index (Phi) is 6.38. The molecule has 5 rings (SSSR count). The standard InChI is InChI=1S/C27H23N3O2S2/c1-17-24(34-26(28-17)14-20-8-5-7-18-6-3-4-9-22(18)20)15-25(31)30-27-29-23(16-33-27)19-10-12-21(32-2)13-11-19/h3-13,16H,14-15H2,1-2H3,(H,29,30,31). The van der Waals surface area contributed by atoms with Crippen molar-refractivity contribution in [1.82, 2.24) is 9.97 Å². The molecule has 5 nitrogen and oxygen atoms in total. The summed E-state index contributed by atoms with van der Waals surface area (Å²) >= 11 is 3.03. The Hall–Kier alpha value is -3.55. The van der Waals surface area contributed by atoms with Crippen molar-refractivity contribution in [2.24, 2.45) is 0 Å². The van der Waals surface area contributed by atoms with Crippen LogP contribution in [0.5, 0.6) is 5.75 Å². The summed E-state index contributed by atoms with van der Waals surface area (Å²) in [5.74, 6) is 0.714. The van der Waals surface area contributed by atoms with Gasteiger partial charge in [0.25, 0.3) is 0 Å². The maximum Gasteiger partial charge on any atom is 0.231 e. The number of hydrogen-bond donors (Lipinski definition) is 1. The Morgan fingerprint density at radius 2 is 1.79 bits per heavy atom. The molecule has 0 aliphatic rings. The van der Waals surface area contributed by atoms with Crippen LogP contribution in [0.3, 0.4) is 0 Å². The second-order valence-corrected chi connectivity index (χ2v) is 9.95. The molecule has 2 aromatic heterocycles. The number of amides is 1. The monoisotopic (exact) mass is 485 g/mol. The minimum absolute atomic E-state index is 0.0842. The van der Waals surface area contributed by atoms with E-state index in [0.717, 1.165) is 39.0 Å². The molecule has 0 atom stereocenters. The molecule has 5 aromatic rings. The molecule has 0 spiro atoms. The molecule has 1 N–H and O–H groups in total. The molecule has 1 amide bonds. The van der Waals surface area contributed by atoms with E-state index in [1.54, 1.807) is 18.4 Å². The van der Waals surface area contributed by atoms with Crippen molar-refractivity contribution in [2.45, 2.75) is 19.8 Å². The third-order valence-electron chi connectivity index (χ3n) is 5.62. The van der Waals surface area contributed by atoms with Crippen LogP contribution >= 0.6 is 22.7 Å². The van der Waals surface area contributed by atoms with Gasteiger partial charge in [0.05, 0.1) is 29.9 Å². The van der Waals surface area contributed by atoms with Crippen LogP contribution in [-0.4, -0.2) is 23.0 Å². The highest BCUT2D eigenvalue weighted by Crippen LogP contribution is 2.28. The Morgan fingerprint density at radius 3 is 2.62 bits per heavy atom. The van der Waals surface area contributed by atoms with Gasteiger partial charge in [-0.15, -0.1) is 22.7 Å². The van der Waals surface area contributed by atoms with Crippen molar-refractivity contribution in [3.63, 3.8) is 0 Å². The van der Waals surface area contributed by atoms with Crippen LogP contribution < -0.4 is 10.1 Å². The summed E-state index contributed by atoms with van der Waals surface area (Å²) in [7, 11) is 1.64. The van der Waals surface area contributed by atoms with Crippen molar-refractivity contribution in [1.29, 1.82) is 0 Å². The third-order valence-corrected chi connectivity index (χ3v) is 7.53. The van der Waals surface area contributed by atoms with E-state index in [0.29, 0.717) is 5.13 Å². The van der Waals surface area contributed by atoms with Crippen LogP contribution in [0.2, 0.25) is 0 Å². The maximum absolute atomic E-state index is 12.7. The van der Waals surface area contributed by atoms with Gasteiger partial charge in [-0.1, -0.05) is 42.5 Å². The first-order valence-corrected chi connectivity index (χ1v) is 12.6. The van der Waals surface area contributed by atoms with Gasteiger partial charge in [-0.2, -0.15) is 0 Å². The molecule has 0 aliphatic heterocycles. The van der Waals surface area contributed by atoms with Gasteiger partial charge in [0, 0.05) is 22.2 Å². The highest BCUT2D eigenvalue weighted by molar-refractivity contribution is 7.14. The lowest BCUT2D eigenvalue weighted by atomic mass is 10.0. The highest BCUT2D eigenvalue weighted by atomic mass is 32.1. The second-order valence-electron chi connectivity index (χ2n) is 7.92.